The summed E-state index contributed by atoms with van der Waals surface area (Å²) in [6, 6.07) is 2.78. The summed E-state index contributed by atoms with van der Waals surface area (Å²) < 4.78 is 43.7. The molecule has 1 aliphatic rings. The van der Waals surface area contributed by atoms with Crippen molar-refractivity contribution in [3.05, 3.63) is 36.6 Å². The van der Waals surface area contributed by atoms with Gasteiger partial charge in [-0.3, -0.25) is 0 Å². The van der Waals surface area contributed by atoms with Crippen molar-refractivity contribution < 1.29 is 17.6 Å². The maximum Gasteiger partial charge on any atom is 0.433 e. The summed E-state index contributed by atoms with van der Waals surface area (Å²) in [6.07, 6.45) is 1.13. The monoisotopic (exact) mass is 364 g/mol. The van der Waals surface area contributed by atoms with Crippen molar-refractivity contribution >= 4 is 22.6 Å². The molecule has 0 unspecified atom stereocenters. The van der Waals surface area contributed by atoms with Crippen LogP contribution in [0.5, 0.6) is 0 Å². The minimum atomic E-state index is -4.48. The third-order valence-corrected chi connectivity index (χ3v) is 4.35. The fourth-order valence-corrected chi connectivity index (χ4v) is 3.04. The van der Waals surface area contributed by atoms with Crippen LogP contribution < -0.4 is 10.2 Å². The smallest absolute Gasteiger partial charge is 0.433 e. The number of anilines is 2. The Morgan fingerprint density at radius 1 is 1.19 bits per heavy atom. The quantitative estimate of drug-likeness (QED) is 0.765. The van der Waals surface area contributed by atoms with Gasteiger partial charge >= 0.3 is 6.18 Å². The summed E-state index contributed by atoms with van der Waals surface area (Å²) in [5, 5.41) is 12.1. The van der Waals surface area contributed by atoms with Crippen LogP contribution in [0.15, 0.2) is 35.3 Å². The van der Waals surface area contributed by atoms with Gasteiger partial charge in [-0.05, 0) is 18.9 Å². The van der Waals surface area contributed by atoms with E-state index in [4.69, 9.17) is 4.42 Å². The molecule has 1 N–H and O–H groups in total. The highest BCUT2D eigenvalue weighted by atomic mass is 19.4. The number of hydrogen-bond donors (Lipinski definition) is 1. The highest BCUT2D eigenvalue weighted by molar-refractivity contribution is 5.86. The summed E-state index contributed by atoms with van der Waals surface area (Å²) in [5.41, 5.74) is -0.260. The van der Waals surface area contributed by atoms with Gasteiger partial charge in [0.2, 0.25) is 0 Å². The number of piperidine rings is 1. The Hall–Kier alpha value is -2.91. The topological polar surface area (TPSA) is 80.0 Å². The van der Waals surface area contributed by atoms with Gasteiger partial charge in [0.05, 0.1) is 12.5 Å². The first-order chi connectivity index (χ1) is 12.5. The third-order valence-electron chi connectivity index (χ3n) is 4.35. The van der Waals surface area contributed by atoms with Crippen molar-refractivity contribution in [3.63, 3.8) is 0 Å². The number of nitrogens with one attached hydrogen (secondary N) is 1. The van der Waals surface area contributed by atoms with E-state index in [-0.39, 0.29) is 11.9 Å². The maximum atomic E-state index is 12.7. The molecule has 1 saturated heterocycles. The standard InChI is InChI=1S/C16H15F3N6O/c17-16(18,19)12-7-13(21-9-20-12)23-11-1-4-25(5-2-11)15-14-10(3-6-26-14)8-22-24-15/h3,6-9,11H,1-2,4-5H2,(H,20,21,23). The molecule has 0 amide bonds. The van der Waals surface area contributed by atoms with Crippen molar-refractivity contribution in [2.75, 3.05) is 23.3 Å². The van der Waals surface area contributed by atoms with Crippen LogP contribution in [-0.4, -0.2) is 39.3 Å². The molecule has 0 aliphatic carbocycles. The molecule has 1 fully saturated rings. The molecule has 3 aromatic rings. The second kappa shape index (κ2) is 6.43. The minimum absolute atomic E-state index is 0.0194. The highest BCUT2D eigenvalue weighted by Crippen LogP contribution is 2.29. The average Bonchev–Trinajstić information content (AvgIpc) is 3.11. The van der Waals surface area contributed by atoms with Gasteiger partial charge in [-0.25, -0.2) is 9.97 Å². The zero-order chi connectivity index (χ0) is 18.1. The van der Waals surface area contributed by atoms with Gasteiger partial charge < -0.3 is 14.6 Å². The number of furan rings is 1. The van der Waals surface area contributed by atoms with Gasteiger partial charge in [-0.1, -0.05) is 0 Å². The normalized spacial score (nSPS) is 16.2. The van der Waals surface area contributed by atoms with Crippen LogP contribution >= 0.6 is 0 Å². The maximum absolute atomic E-state index is 12.7. The zero-order valence-corrected chi connectivity index (χ0v) is 13.6. The molecule has 4 heterocycles. The lowest BCUT2D eigenvalue weighted by Gasteiger charge is -2.33. The van der Waals surface area contributed by atoms with Crippen molar-refractivity contribution in [2.24, 2.45) is 0 Å². The third kappa shape index (κ3) is 3.26. The van der Waals surface area contributed by atoms with Gasteiger partial charge in [0.15, 0.2) is 11.4 Å². The van der Waals surface area contributed by atoms with Crippen LogP contribution in [0.2, 0.25) is 0 Å². The second-order valence-electron chi connectivity index (χ2n) is 6.07. The first-order valence-corrected chi connectivity index (χ1v) is 8.10. The number of fused-ring (bicyclic) bond motifs is 1. The van der Waals surface area contributed by atoms with Crippen LogP contribution in [0, 0.1) is 0 Å². The number of alkyl halides is 3. The first kappa shape index (κ1) is 16.6. The Bertz CT molecular complexity index is 904. The molecule has 10 heteroatoms. The number of hydrogen-bond acceptors (Lipinski definition) is 7. The van der Waals surface area contributed by atoms with Gasteiger partial charge in [0.25, 0.3) is 0 Å². The molecular weight excluding hydrogens is 349 g/mol. The van der Waals surface area contributed by atoms with Crippen LogP contribution in [-0.2, 0) is 6.18 Å². The molecule has 3 aromatic heterocycles. The molecule has 0 atom stereocenters. The van der Waals surface area contributed by atoms with E-state index >= 15 is 0 Å². The van der Waals surface area contributed by atoms with E-state index in [1.807, 2.05) is 6.07 Å². The Morgan fingerprint density at radius 2 is 2.00 bits per heavy atom. The molecule has 26 heavy (non-hydrogen) atoms. The van der Waals surface area contributed by atoms with E-state index in [1.54, 1.807) is 12.5 Å². The molecule has 0 saturated carbocycles. The predicted molar refractivity (Wildman–Crippen MR) is 87.7 cm³/mol. The van der Waals surface area contributed by atoms with E-state index in [1.165, 1.54) is 0 Å². The summed E-state index contributed by atoms with van der Waals surface area (Å²) in [5.74, 6) is 0.867. The van der Waals surface area contributed by atoms with Crippen LogP contribution in [0.1, 0.15) is 18.5 Å². The van der Waals surface area contributed by atoms with Crippen molar-refractivity contribution in [3.8, 4) is 0 Å². The van der Waals surface area contributed by atoms with Crippen LogP contribution in [0.3, 0.4) is 0 Å². The molecule has 0 radical (unpaired) electrons. The van der Waals surface area contributed by atoms with Gasteiger partial charge in [0.1, 0.15) is 17.8 Å². The lowest BCUT2D eigenvalue weighted by Crippen LogP contribution is -2.39. The predicted octanol–water partition coefficient (Wildman–Crippen LogP) is 3.11. The summed E-state index contributed by atoms with van der Waals surface area (Å²) in [4.78, 5) is 9.22. The highest BCUT2D eigenvalue weighted by Gasteiger charge is 2.33. The van der Waals surface area contributed by atoms with Crippen molar-refractivity contribution in [1.29, 1.82) is 0 Å². The molecule has 7 nitrogen and oxygen atoms in total. The zero-order valence-electron chi connectivity index (χ0n) is 13.6. The number of halogens is 3. The molecular formula is C16H15F3N6O. The fourth-order valence-electron chi connectivity index (χ4n) is 3.04. The second-order valence-corrected chi connectivity index (χ2v) is 6.07. The molecule has 1 aliphatic heterocycles. The molecule has 0 aromatic carbocycles. The van der Waals surface area contributed by atoms with Crippen molar-refractivity contribution in [2.45, 2.75) is 25.1 Å². The largest absolute Gasteiger partial charge is 0.460 e. The SMILES string of the molecule is FC(F)(F)c1cc(NC2CCN(c3nncc4ccoc34)CC2)ncn1. The summed E-state index contributed by atoms with van der Waals surface area (Å²) >= 11 is 0. The Morgan fingerprint density at radius 3 is 2.77 bits per heavy atom. The lowest BCUT2D eigenvalue weighted by molar-refractivity contribution is -0.141. The number of nitrogens with zero attached hydrogens (tertiary/aromatic N) is 5. The fraction of sp³-hybridized carbons (Fsp3) is 0.375. The van der Waals surface area contributed by atoms with E-state index in [2.05, 4.69) is 30.4 Å². The summed E-state index contributed by atoms with van der Waals surface area (Å²) in [6.45, 7) is 1.37. The van der Waals surface area contributed by atoms with E-state index < -0.39 is 11.9 Å². The minimum Gasteiger partial charge on any atom is -0.460 e. The number of aromatic nitrogens is 4. The van der Waals surface area contributed by atoms with E-state index in [0.717, 1.165) is 30.6 Å². The Kier molecular flexibility index (Phi) is 4.09. The van der Waals surface area contributed by atoms with Gasteiger partial charge in [-0.15, -0.1) is 5.10 Å². The van der Waals surface area contributed by atoms with Crippen LogP contribution in [0.25, 0.3) is 11.0 Å². The molecule has 0 spiro atoms. The van der Waals surface area contributed by atoms with Crippen LogP contribution in [0.4, 0.5) is 24.8 Å². The molecule has 4 rings (SSSR count). The van der Waals surface area contributed by atoms with Gasteiger partial charge in [0, 0.05) is 30.6 Å². The average molecular weight is 364 g/mol. The van der Waals surface area contributed by atoms with Gasteiger partial charge in [-0.2, -0.15) is 18.3 Å². The Labute approximate surface area is 146 Å². The molecule has 136 valence electrons. The first-order valence-electron chi connectivity index (χ1n) is 8.10. The summed E-state index contributed by atoms with van der Waals surface area (Å²) in [7, 11) is 0. The van der Waals surface area contributed by atoms with E-state index in [9.17, 15) is 13.2 Å². The van der Waals surface area contributed by atoms with E-state index in [0.29, 0.717) is 24.5 Å². The molecule has 0 bridgehead atoms. The lowest BCUT2D eigenvalue weighted by atomic mass is 10.0. The number of rotatable bonds is 3. The Balaban J connectivity index is 1.42. The van der Waals surface area contributed by atoms with Crippen molar-refractivity contribution in [1.82, 2.24) is 20.2 Å².